The van der Waals surface area contributed by atoms with Gasteiger partial charge in [-0.2, -0.15) is 0 Å². The molecule has 0 aromatic heterocycles. The van der Waals surface area contributed by atoms with Crippen LogP contribution in [0.15, 0.2) is 48.5 Å². The van der Waals surface area contributed by atoms with E-state index in [2.05, 4.69) is 27.7 Å². The first-order chi connectivity index (χ1) is 17.5. The van der Waals surface area contributed by atoms with E-state index in [1.54, 1.807) is 0 Å². The molecule has 0 spiro atoms. The van der Waals surface area contributed by atoms with Crippen LogP contribution in [0.4, 0.5) is 10.5 Å². The fourth-order valence-corrected chi connectivity index (χ4v) is 5.99. The molecule has 2 N–H and O–H groups in total. The molecular formula is C29H38N4O3. The smallest absolute Gasteiger partial charge is 0.321 e. The lowest BCUT2D eigenvalue weighted by molar-refractivity contribution is -0.125. The molecule has 3 saturated heterocycles. The van der Waals surface area contributed by atoms with Crippen molar-refractivity contribution in [2.75, 3.05) is 51.3 Å². The molecule has 7 heteroatoms. The lowest BCUT2D eigenvalue weighted by Crippen LogP contribution is -2.38. The predicted octanol–water partition coefficient (Wildman–Crippen LogP) is 3.98. The van der Waals surface area contributed by atoms with Gasteiger partial charge in [0.25, 0.3) is 0 Å². The van der Waals surface area contributed by atoms with Gasteiger partial charge in [0, 0.05) is 45.0 Å². The van der Waals surface area contributed by atoms with E-state index in [1.807, 2.05) is 55.1 Å². The number of likely N-dealkylation sites (tertiary alicyclic amines) is 2. The number of nitrogens with one attached hydrogen (secondary N) is 2. The molecule has 3 unspecified atom stereocenters. The van der Waals surface area contributed by atoms with Gasteiger partial charge in [0.15, 0.2) is 0 Å². The van der Waals surface area contributed by atoms with Crippen LogP contribution < -0.4 is 10.6 Å². The zero-order valence-electron chi connectivity index (χ0n) is 21.4. The van der Waals surface area contributed by atoms with Crippen molar-refractivity contribution in [2.45, 2.75) is 32.7 Å². The van der Waals surface area contributed by atoms with E-state index in [-0.39, 0.29) is 23.9 Å². The van der Waals surface area contributed by atoms with E-state index in [9.17, 15) is 9.59 Å². The van der Waals surface area contributed by atoms with Gasteiger partial charge in [0.05, 0.1) is 18.6 Å². The number of hydrogen-bond acceptors (Lipinski definition) is 4. The maximum Gasteiger partial charge on any atom is 0.321 e. The number of fused-ring (bicyclic) bond motifs is 1. The van der Waals surface area contributed by atoms with E-state index in [1.165, 1.54) is 0 Å². The Morgan fingerprint density at radius 3 is 2.31 bits per heavy atom. The average Bonchev–Trinajstić information content (AvgIpc) is 3.62. The zero-order chi connectivity index (χ0) is 25.1. The van der Waals surface area contributed by atoms with Crippen molar-refractivity contribution < 1.29 is 14.3 Å². The molecule has 0 aliphatic carbocycles. The van der Waals surface area contributed by atoms with Crippen molar-refractivity contribution in [3.63, 3.8) is 0 Å². The average molecular weight is 491 g/mol. The molecule has 2 aromatic rings. The standard InChI is InChI=1S/C29H38N4O3/c1-20-7-6-8-21(2)27(20)31-29(35)33-17-24-15-32(16-25(24)18-33)13-11-26(22-9-4-3-5-10-22)30-28(34)23-12-14-36-19-23/h3-10,23-26H,11-19H2,1-2H3,(H,30,34)(H,31,35)/t23?,24?,25?,26-/m0/s1. The normalized spacial score (nSPS) is 24.5. The van der Waals surface area contributed by atoms with Gasteiger partial charge in [0.1, 0.15) is 0 Å². The minimum Gasteiger partial charge on any atom is -0.381 e. The Hall–Kier alpha value is -2.90. The Morgan fingerprint density at radius 1 is 0.972 bits per heavy atom. The third kappa shape index (κ3) is 5.57. The van der Waals surface area contributed by atoms with Crippen LogP contribution >= 0.6 is 0 Å². The van der Waals surface area contributed by atoms with E-state index < -0.39 is 0 Å². The van der Waals surface area contributed by atoms with Gasteiger partial charge in [-0.25, -0.2) is 4.79 Å². The Kier molecular flexibility index (Phi) is 7.58. The van der Waals surface area contributed by atoms with Gasteiger partial charge < -0.3 is 25.2 Å². The largest absolute Gasteiger partial charge is 0.381 e. The summed E-state index contributed by atoms with van der Waals surface area (Å²) in [6, 6.07) is 16.4. The van der Waals surface area contributed by atoms with E-state index in [0.29, 0.717) is 25.0 Å². The van der Waals surface area contributed by atoms with E-state index in [4.69, 9.17) is 4.74 Å². The van der Waals surface area contributed by atoms with E-state index >= 15 is 0 Å². The Balaban J connectivity index is 1.13. The number of amides is 3. The summed E-state index contributed by atoms with van der Waals surface area (Å²) in [7, 11) is 0. The van der Waals surface area contributed by atoms with Gasteiger partial charge in [-0.1, -0.05) is 48.5 Å². The summed E-state index contributed by atoms with van der Waals surface area (Å²) in [5.41, 5.74) is 4.27. The highest BCUT2D eigenvalue weighted by molar-refractivity contribution is 5.91. The van der Waals surface area contributed by atoms with Gasteiger partial charge in [0.2, 0.25) is 5.91 Å². The molecule has 7 nitrogen and oxygen atoms in total. The van der Waals surface area contributed by atoms with Crippen molar-refractivity contribution in [2.24, 2.45) is 17.8 Å². The summed E-state index contributed by atoms with van der Waals surface area (Å²) < 4.78 is 5.42. The molecule has 2 aromatic carbocycles. The van der Waals surface area contributed by atoms with Gasteiger partial charge in [-0.05, 0) is 55.2 Å². The van der Waals surface area contributed by atoms with Crippen LogP contribution in [0, 0.1) is 31.6 Å². The van der Waals surface area contributed by atoms with Crippen molar-refractivity contribution >= 4 is 17.6 Å². The third-order valence-corrected chi connectivity index (χ3v) is 8.12. The molecule has 3 fully saturated rings. The molecular weight excluding hydrogens is 452 g/mol. The third-order valence-electron chi connectivity index (χ3n) is 8.12. The molecule has 3 heterocycles. The maximum atomic E-state index is 13.0. The number of anilines is 1. The Bertz CT molecular complexity index is 1040. The molecule has 3 aliphatic rings. The van der Waals surface area contributed by atoms with Crippen LogP contribution in [-0.4, -0.2) is 67.7 Å². The molecule has 0 saturated carbocycles. The second-order valence-corrected chi connectivity index (χ2v) is 10.7. The van der Waals surface area contributed by atoms with Crippen molar-refractivity contribution in [3.05, 3.63) is 65.2 Å². The molecule has 192 valence electrons. The first-order valence-corrected chi connectivity index (χ1v) is 13.3. The summed E-state index contributed by atoms with van der Waals surface area (Å²) in [5, 5.41) is 6.44. The SMILES string of the molecule is Cc1cccc(C)c1NC(=O)N1CC2CN(CC[C@H](NC(=O)C3CCOC3)c3ccccc3)CC2C1. The number of benzene rings is 2. The molecule has 3 aliphatic heterocycles. The highest BCUT2D eigenvalue weighted by atomic mass is 16.5. The number of ether oxygens (including phenoxy) is 1. The second kappa shape index (κ2) is 11.0. The number of urea groups is 1. The van der Waals surface area contributed by atoms with Crippen LogP contribution in [0.3, 0.4) is 0 Å². The fourth-order valence-electron chi connectivity index (χ4n) is 5.99. The summed E-state index contributed by atoms with van der Waals surface area (Å²) in [5.74, 6) is 1.08. The number of carbonyl (C=O) groups is 2. The monoisotopic (exact) mass is 490 g/mol. The summed E-state index contributed by atoms with van der Waals surface area (Å²) in [6.45, 7) is 9.81. The van der Waals surface area contributed by atoms with Gasteiger partial charge in [-0.3, -0.25) is 4.79 Å². The summed E-state index contributed by atoms with van der Waals surface area (Å²) >= 11 is 0. The lowest BCUT2D eigenvalue weighted by Gasteiger charge is -2.26. The first kappa shape index (κ1) is 24.8. The second-order valence-electron chi connectivity index (χ2n) is 10.7. The minimum absolute atomic E-state index is 0.000585. The maximum absolute atomic E-state index is 13.0. The van der Waals surface area contributed by atoms with Crippen molar-refractivity contribution in [1.29, 1.82) is 0 Å². The first-order valence-electron chi connectivity index (χ1n) is 13.3. The fraction of sp³-hybridized carbons (Fsp3) is 0.517. The molecule has 36 heavy (non-hydrogen) atoms. The van der Waals surface area contributed by atoms with Crippen molar-refractivity contribution in [3.8, 4) is 0 Å². The topological polar surface area (TPSA) is 73.9 Å². The van der Waals surface area contributed by atoms with Crippen LogP contribution in [0.25, 0.3) is 0 Å². The highest BCUT2D eigenvalue weighted by Gasteiger charge is 2.41. The molecule has 4 atom stereocenters. The number of nitrogens with zero attached hydrogens (tertiary/aromatic N) is 2. The van der Waals surface area contributed by atoms with Gasteiger partial charge >= 0.3 is 6.03 Å². The number of para-hydroxylation sites is 1. The predicted molar refractivity (Wildman–Crippen MR) is 141 cm³/mol. The number of carbonyl (C=O) groups excluding carboxylic acids is 2. The van der Waals surface area contributed by atoms with Crippen LogP contribution in [-0.2, 0) is 9.53 Å². The summed E-state index contributed by atoms with van der Waals surface area (Å²) in [4.78, 5) is 30.3. The molecule has 3 amide bonds. The van der Waals surface area contributed by atoms with Crippen LogP contribution in [0.1, 0.15) is 35.6 Å². The number of aryl methyl sites for hydroxylation is 2. The van der Waals surface area contributed by atoms with Crippen LogP contribution in [0.2, 0.25) is 0 Å². The molecule has 0 radical (unpaired) electrons. The van der Waals surface area contributed by atoms with Crippen LogP contribution in [0.5, 0.6) is 0 Å². The Morgan fingerprint density at radius 2 is 1.67 bits per heavy atom. The number of hydrogen-bond donors (Lipinski definition) is 2. The lowest BCUT2D eigenvalue weighted by atomic mass is 10.0. The number of rotatable bonds is 7. The van der Waals surface area contributed by atoms with Gasteiger partial charge in [-0.15, -0.1) is 0 Å². The Labute approximate surface area is 214 Å². The zero-order valence-corrected chi connectivity index (χ0v) is 21.4. The minimum atomic E-state index is -0.0389. The molecule has 5 rings (SSSR count). The van der Waals surface area contributed by atoms with E-state index in [0.717, 1.165) is 67.9 Å². The van der Waals surface area contributed by atoms with Crippen molar-refractivity contribution in [1.82, 2.24) is 15.1 Å². The highest BCUT2D eigenvalue weighted by Crippen LogP contribution is 2.32. The summed E-state index contributed by atoms with van der Waals surface area (Å²) in [6.07, 6.45) is 1.68. The quantitative estimate of drug-likeness (QED) is 0.616. The molecule has 0 bridgehead atoms.